The maximum Gasteiger partial charge on any atom is 0.198 e. The van der Waals surface area contributed by atoms with Crippen molar-refractivity contribution in [3.05, 3.63) is 47.5 Å². The Balaban J connectivity index is 2.03. The average molecular weight is 296 g/mol. The number of benzene rings is 2. The van der Waals surface area contributed by atoms with E-state index >= 15 is 0 Å². The van der Waals surface area contributed by atoms with Crippen LogP contribution in [0.1, 0.15) is 11.1 Å². The Labute approximate surface area is 127 Å². The molecule has 3 aromatic rings. The first-order valence-electron chi connectivity index (χ1n) is 6.81. The van der Waals surface area contributed by atoms with Crippen LogP contribution < -0.4 is 4.74 Å². The average Bonchev–Trinajstić information content (AvgIpc) is 2.82. The van der Waals surface area contributed by atoms with Crippen molar-refractivity contribution in [2.24, 2.45) is 4.99 Å². The van der Waals surface area contributed by atoms with Crippen LogP contribution in [0.25, 0.3) is 10.9 Å². The fraction of sp³-hybridized carbons (Fsp3) is 0.118. The van der Waals surface area contributed by atoms with E-state index in [9.17, 15) is 10.2 Å². The molecule has 0 amide bonds. The Hall–Kier alpha value is -2.95. The molecule has 0 aliphatic rings. The first-order valence-corrected chi connectivity index (χ1v) is 6.81. The van der Waals surface area contributed by atoms with Crippen LogP contribution in [0, 0.1) is 6.92 Å². The summed E-state index contributed by atoms with van der Waals surface area (Å²) in [7, 11) is 1.49. The number of phenols is 1. The summed E-state index contributed by atoms with van der Waals surface area (Å²) in [6.07, 6.45) is 1.59. The molecule has 0 unspecified atom stereocenters. The number of phenolic OH excluding ortho intramolecular Hbond substituents is 1. The Morgan fingerprint density at radius 1 is 1.18 bits per heavy atom. The van der Waals surface area contributed by atoms with Crippen molar-refractivity contribution >= 4 is 22.8 Å². The zero-order valence-electron chi connectivity index (χ0n) is 12.3. The minimum atomic E-state index is 0.0245. The standard InChI is InChI=1S/C17H16N2O3/c1-10-4-3-5-13-16(10)12(17(21)19-13)9-18-11-6-7-15(22-2)14(20)8-11/h3-9,19-21H,1-2H3. The van der Waals surface area contributed by atoms with Crippen LogP contribution in [0.4, 0.5) is 5.69 Å². The van der Waals surface area contributed by atoms with E-state index in [0.29, 0.717) is 17.0 Å². The smallest absolute Gasteiger partial charge is 0.198 e. The summed E-state index contributed by atoms with van der Waals surface area (Å²) in [5, 5.41) is 20.8. The molecule has 0 aliphatic heterocycles. The van der Waals surface area contributed by atoms with E-state index in [-0.39, 0.29) is 11.6 Å². The van der Waals surface area contributed by atoms with Gasteiger partial charge in [0.25, 0.3) is 0 Å². The number of aromatic hydroxyl groups is 2. The second-order valence-electron chi connectivity index (χ2n) is 5.00. The number of fused-ring (bicyclic) bond motifs is 1. The summed E-state index contributed by atoms with van der Waals surface area (Å²) in [5.41, 5.74) is 3.11. The molecule has 0 fully saturated rings. The van der Waals surface area contributed by atoms with Crippen molar-refractivity contribution in [1.82, 2.24) is 4.98 Å². The maximum atomic E-state index is 10.1. The molecule has 1 aromatic heterocycles. The Morgan fingerprint density at radius 3 is 2.73 bits per heavy atom. The van der Waals surface area contributed by atoms with Gasteiger partial charge in [-0.2, -0.15) is 0 Å². The molecule has 5 heteroatoms. The number of methoxy groups -OCH3 is 1. The third-order valence-corrected chi connectivity index (χ3v) is 3.56. The van der Waals surface area contributed by atoms with Crippen molar-refractivity contribution in [2.45, 2.75) is 6.92 Å². The molecular weight excluding hydrogens is 280 g/mol. The number of hydrogen-bond acceptors (Lipinski definition) is 4. The lowest BCUT2D eigenvalue weighted by Gasteiger charge is -2.03. The highest BCUT2D eigenvalue weighted by Gasteiger charge is 2.10. The molecule has 0 atom stereocenters. The second kappa shape index (κ2) is 5.44. The van der Waals surface area contributed by atoms with Crippen LogP contribution in [-0.4, -0.2) is 28.5 Å². The number of aryl methyl sites for hydroxylation is 1. The third kappa shape index (κ3) is 2.37. The lowest BCUT2D eigenvalue weighted by Crippen LogP contribution is -1.84. The van der Waals surface area contributed by atoms with Gasteiger partial charge in [0.15, 0.2) is 17.4 Å². The van der Waals surface area contributed by atoms with Crippen LogP contribution in [0.15, 0.2) is 41.4 Å². The van der Waals surface area contributed by atoms with Gasteiger partial charge in [0.05, 0.1) is 18.4 Å². The van der Waals surface area contributed by atoms with E-state index in [2.05, 4.69) is 9.98 Å². The van der Waals surface area contributed by atoms with Crippen LogP contribution in [-0.2, 0) is 0 Å². The van der Waals surface area contributed by atoms with Gasteiger partial charge in [0.2, 0.25) is 0 Å². The first kappa shape index (κ1) is 14.0. The van der Waals surface area contributed by atoms with Gasteiger partial charge in [-0.1, -0.05) is 12.1 Å². The van der Waals surface area contributed by atoms with Gasteiger partial charge in [-0.3, -0.25) is 4.99 Å². The number of nitrogens with zero attached hydrogens (tertiary/aromatic N) is 1. The Morgan fingerprint density at radius 2 is 2.00 bits per heavy atom. The molecule has 0 bridgehead atoms. The molecular formula is C17H16N2O3. The van der Waals surface area contributed by atoms with E-state index in [1.54, 1.807) is 18.3 Å². The van der Waals surface area contributed by atoms with Gasteiger partial charge < -0.3 is 19.9 Å². The fourth-order valence-corrected chi connectivity index (χ4v) is 2.47. The summed E-state index contributed by atoms with van der Waals surface area (Å²) in [6.45, 7) is 1.98. The predicted octanol–water partition coefficient (Wildman–Crippen LogP) is 3.65. The van der Waals surface area contributed by atoms with Gasteiger partial charge in [0.1, 0.15) is 0 Å². The summed E-state index contributed by atoms with van der Waals surface area (Å²) in [4.78, 5) is 7.25. The number of aromatic nitrogens is 1. The largest absolute Gasteiger partial charge is 0.504 e. The molecule has 0 aliphatic carbocycles. The SMILES string of the molecule is COc1ccc(N=Cc2c(O)[nH]c3cccc(C)c23)cc1O. The topological polar surface area (TPSA) is 77.8 Å². The van der Waals surface area contributed by atoms with Crippen molar-refractivity contribution in [3.8, 4) is 17.4 Å². The minimum absolute atomic E-state index is 0.0245. The van der Waals surface area contributed by atoms with Crippen LogP contribution in [0.5, 0.6) is 17.4 Å². The zero-order valence-corrected chi connectivity index (χ0v) is 12.3. The summed E-state index contributed by atoms with van der Waals surface area (Å²) in [6, 6.07) is 10.7. The lowest BCUT2D eigenvalue weighted by molar-refractivity contribution is 0.373. The molecule has 5 nitrogen and oxygen atoms in total. The molecule has 0 saturated carbocycles. The number of H-pyrrole nitrogens is 1. The number of aliphatic imine (C=N–C) groups is 1. The van der Waals surface area contributed by atoms with Gasteiger partial charge in [-0.15, -0.1) is 0 Å². The number of hydrogen-bond donors (Lipinski definition) is 3. The number of nitrogens with one attached hydrogen (secondary N) is 1. The molecule has 3 rings (SSSR count). The highest BCUT2D eigenvalue weighted by molar-refractivity contribution is 6.04. The van der Waals surface area contributed by atoms with Crippen molar-refractivity contribution in [1.29, 1.82) is 0 Å². The zero-order chi connectivity index (χ0) is 15.7. The molecule has 0 spiro atoms. The highest BCUT2D eigenvalue weighted by Crippen LogP contribution is 2.31. The number of ether oxygens (including phenoxy) is 1. The van der Waals surface area contributed by atoms with E-state index in [1.165, 1.54) is 13.2 Å². The van der Waals surface area contributed by atoms with Crippen molar-refractivity contribution < 1.29 is 14.9 Å². The lowest BCUT2D eigenvalue weighted by atomic mass is 10.1. The molecule has 1 heterocycles. The van der Waals surface area contributed by atoms with E-state index in [0.717, 1.165) is 16.5 Å². The van der Waals surface area contributed by atoms with Crippen LogP contribution in [0.2, 0.25) is 0 Å². The quantitative estimate of drug-likeness (QED) is 0.646. The van der Waals surface area contributed by atoms with Crippen molar-refractivity contribution in [2.75, 3.05) is 7.11 Å². The highest BCUT2D eigenvalue weighted by atomic mass is 16.5. The normalized spacial score (nSPS) is 11.4. The number of aromatic amines is 1. The van der Waals surface area contributed by atoms with Gasteiger partial charge in [0, 0.05) is 23.2 Å². The third-order valence-electron chi connectivity index (χ3n) is 3.56. The van der Waals surface area contributed by atoms with Gasteiger partial charge in [-0.05, 0) is 30.7 Å². The fourth-order valence-electron chi connectivity index (χ4n) is 2.47. The van der Waals surface area contributed by atoms with Crippen LogP contribution in [0.3, 0.4) is 0 Å². The summed E-state index contributed by atoms with van der Waals surface area (Å²) < 4.78 is 5.00. The molecule has 0 saturated heterocycles. The predicted molar refractivity (Wildman–Crippen MR) is 86.6 cm³/mol. The van der Waals surface area contributed by atoms with Crippen molar-refractivity contribution in [3.63, 3.8) is 0 Å². The van der Waals surface area contributed by atoms with Gasteiger partial charge >= 0.3 is 0 Å². The van der Waals surface area contributed by atoms with E-state index in [1.807, 2.05) is 25.1 Å². The molecule has 0 radical (unpaired) electrons. The molecule has 22 heavy (non-hydrogen) atoms. The summed E-state index contributed by atoms with van der Waals surface area (Å²) >= 11 is 0. The maximum absolute atomic E-state index is 10.1. The molecule has 112 valence electrons. The molecule has 3 N–H and O–H groups in total. The first-order chi connectivity index (χ1) is 10.6. The van der Waals surface area contributed by atoms with E-state index < -0.39 is 0 Å². The number of rotatable bonds is 3. The molecule has 2 aromatic carbocycles. The Bertz CT molecular complexity index is 866. The minimum Gasteiger partial charge on any atom is -0.504 e. The van der Waals surface area contributed by atoms with Crippen LogP contribution >= 0.6 is 0 Å². The van der Waals surface area contributed by atoms with E-state index in [4.69, 9.17) is 4.74 Å². The second-order valence-corrected chi connectivity index (χ2v) is 5.00. The summed E-state index contributed by atoms with van der Waals surface area (Å²) in [5.74, 6) is 0.493. The monoisotopic (exact) mass is 296 g/mol. The van der Waals surface area contributed by atoms with Gasteiger partial charge in [-0.25, -0.2) is 0 Å². The Kier molecular flexibility index (Phi) is 3.47.